The third-order valence-electron chi connectivity index (χ3n) is 4.05. The van der Waals surface area contributed by atoms with Crippen LogP contribution in [0.3, 0.4) is 0 Å². The van der Waals surface area contributed by atoms with E-state index in [4.69, 9.17) is 10.3 Å². The molecule has 5 nitrogen and oxygen atoms in total. The number of benzene rings is 1. The maximum absolute atomic E-state index is 6.21. The molecule has 1 unspecified atom stereocenters. The summed E-state index contributed by atoms with van der Waals surface area (Å²) in [7, 11) is 0. The quantitative estimate of drug-likeness (QED) is 0.935. The molecule has 2 aromatic rings. The average Bonchev–Trinajstić information content (AvgIpc) is 3.12. The summed E-state index contributed by atoms with van der Waals surface area (Å²) in [5.41, 5.74) is 9.50. The highest BCUT2D eigenvalue weighted by molar-refractivity contribution is 5.59. The van der Waals surface area contributed by atoms with Gasteiger partial charge in [-0.3, -0.25) is 0 Å². The van der Waals surface area contributed by atoms with Crippen molar-refractivity contribution in [2.75, 3.05) is 19.6 Å². The molecule has 0 aliphatic carbocycles. The molecule has 2 N–H and O–H groups in total. The molecular formula is C16H22N4O. The summed E-state index contributed by atoms with van der Waals surface area (Å²) in [6.45, 7) is 7.14. The van der Waals surface area contributed by atoms with Crippen LogP contribution in [0.5, 0.6) is 0 Å². The Morgan fingerprint density at radius 1 is 1.29 bits per heavy atom. The summed E-state index contributed by atoms with van der Waals surface area (Å²) in [5, 5.41) is 4.07. The van der Waals surface area contributed by atoms with Crippen LogP contribution in [0.1, 0.15) is 35.8 Å². The van der Waals surface area contributed by atoms with Gasteiger partial charge in [-0.1, -0.05) is 22.9 Å². The zero-order chi connectivity index (χ0) is 14.8. The Hall–Kier alpha value is -1.72. The highest BCUT2D eigenvalue weighted by Gasteiger charge is 2.20. The number of hydrogen-bond acceptors (Lipinski definition) is 5. The van der Waals surface area contributed by atoms with Crippen LogP contribution in [0.15, 0.2) is 22.7 Å². The fourth-order valence-corrected chi connectivity index (χ4v) is 2.79. The van der Waals surface area contributed by atoms with E-state index in [1.165, 1.54) is 18.4 Å². The topological polar surface area (TPSA) is 68.2 Å². The van der Waals surface area contributed by atoms with E-state index in [2.05, 4.69) is 40.2 Å². The Kier molecular flexibility index (Phi) is 4.03. The minimum absolute atomic E-state index is 0.189. The number of nitrogens with two attached hydrogens (primary N) is 1. The normalized spacial score (nSPS) is 17.3. The van der Waals surface area contributed by atoms with E-state index in [0.29, 0.717) is 11.7 Å². The number of likely N-dealkylation sites (tertiary alicyclic amines) is 1. The van der Waals surface area contributed by atoms with Gasteiger partial charge >= 0.3 is 0 Å². The van der Waals surface area contributed by atoms with Gasteiger partial charge in [0.1, 0.15) is 0 Å². The zero-order valence-electron chi connectivity index (χ0n) is 12.7. The van der Waals surface area contributed by atoms with E-state index in [1.54, 1.807) is 0 Å². The Labute approximate surface area is 125 Å². The molecule has 21 heavy (non-hydrogen) atoms. The van der Waals surface area contributed by atoms with Gasteiger partial charge in [0, 0.05) is 12.1 Å². The van der Waals surface area contributed by atoms with E-state index in [9.17, 15) is 0 Å². The third-order valence-corrected chi connectivity index (χ3v) is 4.05. The van der Waals surface area contributed by atoms with Crippen LogP contribution in [-0.4, -0.2) is 34.7 Å². The number of aryl methyl sites for hydroxylation is 2. The molecule has 2 heterocycles. The summed E-state index contributed by atoms with van der Waals surface area (Å²) < 4.78 is 5.41. The summed E-state index contributed by atoms with van der Waals surface area (Å²) in [6.07, 6.45) is 2.51. The molecule has 1 aliphatic heterocycles. The molecule has 0 spiro atoms. The van der Waals surface area contributed by atoms with Crippen LogP contribution >= 0.6 is 0 Å². The van der Waals surface area contributed by atoms with Crippen LogP contribution in [0.25, 0.3) is 11.5 Å². The van der Waals surface area contributed by atoms with Crippen LogP contribution < -0.4 is 5.73 Å². The lowest BCUT2D eigenvalue weighted by Crippen LogP contribution is -2.30. The van der Waals surface area contributed by atoms with E-state index in [-0.39, 0.29) is 6.04 Å². The lowest BCUT2D eigenvalue weighted by atomic mass is 10.1. The molecule has 5 heteroatoms. The molecule has 3 rings (SSSR count). The van der Waals surface area contributed by atoms with Crippen molar-refractivity contribution in [1.82, 2.24) is 15.0 Å². The lowest BCUT2D eigenvalue weighted by Gasteiger charge is -2.17. The van der Waals surface area contributed by atoms with E-state index >= 15 is 0 Å². The standard InChI is InChI=1S/C16H22N4O/c1-11-5-6-12(2)13(9-11)16-18-15(19-21-16)14(17)10-20-7-3-4-8-20/h5-6,9,14H,3-4,7-8,10,17H2,1-2H3. The third kappa shape index (κ3) is 3.14. The second-order valence-corrected chi connectivity index (χ2v) is 5.89. The van der Waals surface area contributed by atoms with Gasteiger partial charge in [-0.15, -0.1) is 0 Å². The van der Waals surface area contributed by atoms with Crippen molar-refractivity contribution in [1.29, 1.82) is 0 Å². The van der Waals surface area contributed by atoms with Crippen molar-refractivity contribution in [3.05, 3.63) is 35.2 Å². The lowest BCUT2D eigenvalue weighted by molar-refractivity contribution is 0.306. The zero-order valence-corrected chi connectivity index (χ0v) is 12.7. The van der Waals surface area contributed by atoms with Crippen LogP contribution in [0, 0.1) is 13.8 Å². The van der Waals surface area contributed by atoms with Gasteiger partial charge < -0.3 is 15.2 Å². The van der Waals surface area contributed by atoms with E-state index in [1.807, 2.05) is 6.92 Å². The maximum Gasteiger partial charge on any atom is 0.258 e. The predicted molar refractivity (Wildman–Crippen MR) is 81.8 cm³/mol. The van der Waals surface area contributed by atoms with Crippen molar-refractivity contribution >= 4 is 0 Å². The molecule has 0 radical (unpaired) electrons. The minimum Gasteiger partial charge on any atom is -0.334 e. The first-order valence-corrected chi connectivity index (χ1v) is 7.52. The second kappa shape index (κ2) is 5.95. The minimum atomic E-state index is -0.189. The number of rotatable bonds is 4. The molecule has 1 saturated heterocycles. The van der Waals surface area contributed by atoms with Crippen molar-refractivity contribution in [3.8, 4) is 11.5 Å². The summed E-state index contributed by atoms with van der Waals surface area (Å²) in [4.78, 5) is 6.85. The SMILES string of the molecule is Cc1ccc(C)c(-c2nc(C(N)CN3CCCC3)no2)c1. The summed E-state index contributed by atoms with van der Waals surface area (Å²) >= 11 is 0. The van der Waals surface area contributed by atoms with Crippen LogP contribution in [-0.2, 0) is 0 Å². The molecule has 112 valence electrons. The van der Waals surface area contributed by atoms with Crippen molar-refractivity contribution < 1.29 is 4.52 Å². The van der Waals surface area contributed by atoms with Gasteiger partial charge in [0.05, 0.1) is 6.04 Å². The van der Waals surface area contributed by atoms with Crippen molar-refractivity contribution in [2.24, 2.45) is 5.73 Å². The first-order valence-electron chi connectivity index (χ1n) is 7.52. The molecule has 1 fully saturated rings. The van der Waals surface area contributed by atoms with Gasteiger partial charge in [-0.25, -0.2) is 0 Å². The maximum atomic E-state index is 6.21. The molecule has 1 aromatic carbocycles. The average molecular weight is 286 g/mol. The van der Waals surface area contributed by atoms with Crippen molar-refractivity contribution in [2.45, 2.75) is 32.7 Å². The fraction of sp³-hybridized carbons (Fsp3) is 0.500. The van der Waals surface area contributed by atoms with Gasteiger partial charge in [0.15, 0.2) is 5.82 Å². The predicted octanol–water partition coefficient (Wildman–Crippen LogP) is 2.45. The molecule has 1 atom stereocenters. The molecule has 1 aromatic heterocycles. The molecule has 0 bridgehead atoms. The van der Waals surface area contributed by atoms with E-state index in [0.717, 1.165) is 30.8 Å². The Bertz CT molecular complexity index is 616. The molecule has 1 aliphatic rings. The Morgan fingerprint density at radius 2 is 2.05 bits per heavy atom. The molecule has 0 amide bonds. The monoisotopic (exact) mass is 286 g/mol. The second-order valence-electron chi connectivity index (χ2n) is 5.89. The van der Waals surface area contributed by atoms with Crippen LogP contribution in [0.4, 0.5) is 0 Å². The number of aromatic nitrogens is 2. The van der Waals surface area contributed by atoms with Crippen molar-refractivity contribution in [3.63, 3.8) is 0 Å². The van der Waals surface area contributed by atoms with Gasteiger partial charge in [0.25, 0.3) is 5.89 Å². The highest BCUT2D eigenvalue weighted by atomic mass is 16.5. The first-order chi connectivity index (χ1) is 10.1. The fourth-order valence-electron chi connectivity index (χ4n) is 2.79. The number of hydrogen-bond donors (Lipinski definition) is 1. The molecular weight excluding hydrogens is 264 g/mol. The van der Waals surface area contributed by atoms with Crippen LogP contribution in [0.2, 0.25) is 0 Å². The summed E-state index contributed by atoms with van der Waals surface area (Å²) in [6, 6.07) is 6.03. The Morgan fingerprint density at radius 3 is 2.81 bits per heavy atom. The summed E-state index contributed by atoms with van der Waals surface area (Å²) in [5.74, 6) is 1.15. The van der Waals surface area contributed by atoms with Gasteiger partial charge in [-0.05, 0) is 51.4 Å². The first kappa shape index (κ1) is 14.2. The Balaban J connectivity index is 1.77. The number of nitrogens with zero attached hydrogens (tertiary/aromatic N) is 3. The largest absolute Gasteiger partial charge is 0.334 e. The van der Waals surface area contributed by atoms with E-state index < -0.39 is 0 Å². The van der Waals surface area contributed by atoms with Gasteiger partial charge in [-0.2, -0.15) is 4.98 Å². The molecule has 0 saturated carbocycles. The smallest absolute Gasteiger partial charge is 0.258 e. The van der Waals surface area contributed by atoms with Gasteiger partial charge in [0.2, 0.25) is 0 Å². The highest BCUT2D eigenvalue weighted by Crippen LogP contribution is 2.24.